The third-order valence-corrected chi connectivity index (χ3v) is 4.96. The van der Waals surface area contributed by atoms with Gasteiger partial charge in [0.25, 0.3) is 5.91 Å². The number of ether oxygens (including phenoxy) is 1. The van der Waals surface area contributed by atoms with Gasteiger partial charge in [0, 0.05) is 19.2 Å². The number of benzene rings is 2. The SMILES string of the molecule is COC(=O)c1ccc2c(c1)CN(C(=O)c1cc(Cl)c(OP)cc1OP)C2. The van der Waals surface area contributed by atoms with E-state index in [1.165, 1.54) is 13.2 Å². The molecule has 2 aromatic carbocycles. The summed E-state index contributed by atoms with van der Waals surface area (Å²) in [4.78, 5) is 26.3. The number of nitrogens with zero attached hydrogens (tertiary/aromatic N) is 1. The molecule has 136 valence electrons. The average molecular weight is 412 g/mol. The van der Waals surface area contributed by atoms with Gasteiger partial charge in [0.2, 0.25) is 0 Å². The first-order valence-electron chi connectivity index (χ1n) is 7.55. The molecule has 1 amide bonds. The van der Waals surface area contributed by atoms with E-state index in [1.807, 2.05) is 6.07 Å². The van der Waals surface area contributed by atoms with Gasteiger partial charge >= 0.3 is 5.97 Å². The van der Waals surface area contributed by atoms with Crippen molar-refractivity contribution < 1.29 is 23.4 Å². The molecule has 6 nitrogen and oxygen atoms in total. The fourth-order valence-electron chi connectivity index (χ4n) is 2.84. The lowest BCUT2D eigenvalue weighted by atomic mass is 10.1. The molecule has 0 saturated heterocycles. The van der Waals surface area contributed by atoms with Crippen LogP contribution in [0.15, 0.2) is 30.3 Å². The third kappa shape index (κ3) is 3.50. The number of amides is 1. The zero-order chi connectivity index (χ0) is 18.8. The van der Waals surface area contributed by atoms with Gasteiger partial charge in [0.1, 0.15) is 11.5 Å². The molecule has 2 aromatic rings. The van der Waals surface area contributed by atoms with Crippen molar-refractivity contribution in [2.75, 3.05) is 7.11 Å². The number of hydrogen-bond acceptors (Lipinski definition) is 5. The number of carbonyl (C=O) groups is 2. The third-order valence-electron chi connectivity index (χ3n) is 4.16. The number of fused-ring (bicyclic) bond motifs is 1. The van der Waals surface area contributed by atoms with Gasteiger partial charge in [-0.05, 0) is 29.3 Å². The molecule has 9 heteroatoms. The lowest BCUT2D eigenvalue weighted by Crippen LogP contribution is -2.25. The first kappa shape index (κ1) is 18.9. The Kier molecular flexibility index (Phi) is 5.67. The van der Waals surface area contributed by atoms with E-state index in [2.05, 4.69) is 18.9 Å². The molecule has 0 fully saturated rings. The van der Waals surface area contributed by atoms with E-state index >= 15 is 0 Å². The zero-order valence-corrected chi connectivity index (χ0v) is 16.9. The lowest BCUT2D eigenvalue weighted by molar-refractivity contribution is 0.0600. The van der Waals surface area contributed by atoms with Crippen LogP contribution in [0, 0.1) is 0 Å². The van der Waals surface area contributed by atoms with Crippen molar-refractivity contribution in [1.29, 1.82) is 0 Å². The van der Waals surface area contributed by atoms with Crippen LogP contribution < -0.4 is 9.05 Å². The number of hydrogen-bond donors (Lipinski definition) is 0. The summed E-state index contributed by atoms with van der Waals surface area (Å²) in [6.45, 7) is 0.820. The molecule has 2 atom stereocenters. The zero-order valence-electron chi connectivity index (χ0n) is 13.8. The normalized spacial score (nSPS) is 12.5. The molecule has 0 spiro atoms. The second-order valence-corrected chi connectivity index (χ2v) is 6.53. The predicted molar refractivity (Wildman–Crippen MR) is 103 cm³/mol. The maximum absolute atomic E-state index is 13.0. The molecule has 0 saturated carbocycles. The first-order chi connectivity index (χ1) is 12.5. The van der Waals surface area contributed by atoms with Gasteiger partial charge < -0.3 is 18.7 Å². The Labute approximate surface area is 160 Å². The summed E-state index contributed by atoms with van der Waals surface area (Å²) < 4.78 is 15.0. The van der Waals surface area contributed by atoms with Crippen LogP contribution >= 0.6 is 30.5 Å². The summed E-state index contributed by atoms with van der Waals surface area (Å²) in [5, 5.41) is 0.304. The van der Waals surface area contributed by atoms with Crippen LogP contribution in [0.1, 0.15) is 31.8 Å². The fourth-order valence-corrected chi connectivity index (χ4v) is 3.52. The Hall–Kier alpha value is -1.87. The number of rotatable bonds is 4. The molecule has 0 aliphatic carbocycles. The van der Waals surface area contributed by atoms with E-state index in [0.717, 1.165) is 11.1 Å². The molecule has 26 heavy (non-hydrogen) atoms. The van der Waals surface area contributed by atoms with Gasteiger partial charge in [-0.25, -0.2) is 4.79 Å². The highest BCUT2D eigenvalue weighted by Crippen LogP contribution is 2.36. The second kappa shape index (κ2) is 7.79. The van der Waals surface area contributed by atoms with Crippen molar-refractivity contribution in [2.45, 2.75) is 13.1 Å². The summed E-state index contributed by atoms with van der Waals surface area (Å²) in [6.07, 6.45) is 0. The first-order valence-corrected chi connectivity index (χ1v) is 8.87. The Morgan fingerprint density at radius 1 is 1.04 bits per heavy atom. The van der Waals surface area contributed by atoms with Crippen molar-refractivity contribution in [2.24, 2.45) is 0 Å². The molecule has 2 unspecified atom stereocenters. The van der Waals surface area contributed by atoms with Gasteiger partial charge in [0.15, 0.2) is 0 Å². The van der Waals surface area contributed by atoms with Crippen LogP contribution in [0.4, 0.5) is 0 Å². The van der Waals surface area contributed by atoms with Crippen molar-refractivity contribution in [1.82, 2.24) is 4.90 Å². The smallest absolute Gasteiger partial charge is 0.337 e. The lowest BCUT2D eigenvalue weighted by Gasteiger charge is -2.18. The van der Waals surface area contributed by atoms with Crippen LogP contribution in [0.2, 0.25) is 5.02 Å². The molecular weight excluding hydrogens is 396 g/mol. The highest BCUT2D eigenvalue weighted by Gasteiger charge is 2.28. The van der Waals surface area contributed by atoms with E-state index in [1.54, 1.807) is 23.1 Å². The van der Waals surface area contributed by atoms with Crippen LogP contribution in [0.3, 0.4) is 0 Å². The molecule has 3 rings (SSSR count). The summed E-state index contributed by atoms with van der Waals surface area (Å²) in [5.41, 5.74) is 2.68. The quantitative estimate of drug-likeness (QED) is 0.568. The average Bonchev–Trinajstić information content (AvgIpc) is 3.09. The fraction of sp³-hybridized carbons (Fsp3) is 0.176. The Morgan fingerprint density at radius 2 is 1.73 bits per heavy atom. The number of methoxy groups -OCH3 is 1. The minimum absolute atomic E-state index is 0.226. The molecule has 0 aromatic heterocycles. The Balaban J connectivity index is 1.88. The van der Waals surface area contributed by atoms with Gasteiger partial charge in [-0.1, -0.05) is 17.7 Å². The summed E-state index contributed by atoms with van der Waals surface area (Å²) in [6, 6.07) is 8.34. The topological polar surface area (TPSA) is 65.1 Å². The Bertz CT molecular complexity index is 890. The van der Waals surface area contributed by atoms with Crippen molar-refractivity contribution in [3.63, 3.8) is 0 Å². The van der Waals surface area contributed by atoms with Crippen LogP contribution in [0.25, 0.3) is 0 Å². The summed E-state index contributed by atoms with van der Waals surface area (Å²) in [7, 11) is 5.55. The highest BCUT2D eigenvalue weighted by atomic mass is 35.5. The van der Waals surface area contributed by atoms with Gasteiger partial charge in [-0.3, -0.25) is 4.79 Å². The molecular formula is C17H16ClNO5P2. The monoisotopic (exact) mass is 411 g/mol. The van der Waals surface area contributed by atoms with Crippen molar-refractivity contribution in [3.8, 4) is 11.5 Å². The van der Waals surface area contributed by atoms with E-state index in [9.17, 15) is 9.59 Å². The van der Waals surface area contributed by atoms with E-state index in [4.69, 9.17) is 25.4 Å². The van der Waals surface area contributed by atoms with E-state index < -0.39 is 5.97 Å². The second-order valence-electron chi connectivity index (χ2n) is 5.65. The molecule has 0 bridgehead atoms. The highest BCUT2D eigenvalue weighted by molar-refractivity contribution is 7.10. The maximum Gasteiger partial charge on any atom is 0.337 e. The van der Waals surface area contributed by atoms with E-state index in [-0.39, 0.29) is 5.91 Å². The minimum Gasteiger partial charge on any atom is -0.479 e. The number of carbonyl (C=O) groups excluding carboxylic acids is 2. The molecule has 1 aliphatic rings. The largest absolute Gasteiger partial charge is 0.479 e. The van der Waals surface area contributed by atoms with Crippen LogP contribution in [0.5, 0.6) is 11.5 Å². The minimum atomic E-state index is -0.406. The van der Waals surface area contributed by atoms with Gasteiger partial charge in [0.05, 0.1) is 42.2 Å². The van der Waals surface area contributed by atoms with E-state index in [0.29, 0.717) is 40.7 Å². The van der Waals surface area contributed by atoms with Crippen LogP contribution in [-0.4, -0.2) is 23.9 Å². The van der Waals surface area contributed by atoms with Crippen molar-refractivity contribution in [3.05, 3.63) is 57.6 Å². The van der Waals surface area contributed by atoms with Crippen LogP contribution in [-0.2, 0) is 17.8 Å². The molecule has 1 heterocycles. The molecule has 1 aliphatic heterocycles. The maximum atomic E-state index is 13.0. The molecule has 0 radical (unpaired) electrons. The Morgan fingerprint density at radius 3 is 2.38 bits per heavy atom. The van der Waals surface area contributed by atoms with Gasteiger partial charge in [-0.2, -0.15) is 0 Å². The summed E-state index contributed by atoms with van der Waals surface area (Å²) >= 11 is 6.15. The standard InChI is InChI=1S/C17H16ClNO5P2/c1-22-17(21)9-2-3-10-7-19(8-11(10)4-9)16(20)12-5-13(18)15(24-26)6-14(12)23-25/h2-6H,7-8,25-26H2,1H3. The number of halogens is 1. The predicted octanol–water partition coefficient (Wildman–Crippen LogP) is 3.62. The molecule has 0 N–H and O–H groups in total. The van der Waals surface area contributed by atoms with Crippen molar-refractivity contribution >= 4 is 42.4 Å². The van der Waals surface area contributed by atoms with Gasteiger partial charge in [-0.15, -0.1) is 0 Å². The number of esters is 1. The summed E-state index contributed by atoms with van der Waals surface area (Å²) in [5.74, 6) is 0.0951.